The van der Waals surface area contributed by atoms with Crippen molar-refractivity contribution in [3.63, 3.8) is 0 Å². The van der Waals surface area contributed by atoms with Crippen LogP contribution in [0.25, 0.3) is 10.8 Å². The highest BCUT2D eigenvalue weighted by molar-refractivity contribution is 6.36. The molecule has 0 spiro atoms. The first-order chi connectivity index (χ1) is 10.1. The Balaban J connectivity index is 1.98. The van der Waals surface area contributed by atoms with E-state index >= 15 is 0 Å². The van der Waals surface area contributed by atoms with Crippen LogP contribution in [-0.4, -0.2) is 0 Å². The lowest BCUT2D eigenvalue weighted by atomic mass is 9.98. The van der Waals surface area contributed by atoms with Gasteiger partial charge in [0.2, 0.25) is 0 Å². The highest BCUT2D eigenvalue weighted by atomic mass is 35.5. The Labute approximate surface area is 139 Å². The molecule has 3 heteroatoms. The summed E-state index contributed by atoms with van der Waals surface area (Å²) >= 11 is 18.9. The number of fused-ring (bicyclic) bond motifs is 1. The summed E-state index contributed by atoms with van der Waals surface area (Å²) in [6, 6.07) is 19.8. The van der Waals surface area contributed by atoms with Crippen molar-refractivity contribution in [2.24, 2.45) is 0 Å². The summed E-state index contributed by atoms with van der Waals surface area (Å²) in [4.78, 5) is 0. The summed E-state index contributed by atoms with van der Waals surface area (Å²) < 4.78 is 0. The first kappa shape index (κ1) is 14.7. The lowest BCUT2D eigenvalue weighted by Gasteiger charge is -2.14. The Hall–Kier alpha value is -1.21. The molecule has 0 saturated carbocycles. The fraction of sp³-hybridized carbons (Fsp3) is 0.111. The number of benzene rings is 3. The zero-order valence-corrected chi connectivity index (χ0v) is 13.5. The molecule has 3 aromatic carbocycles. The van der Waals surface area contributed by atoms with E-state index in [4.69, 9.17) is 34.8 Å². The zero-order valence-electron chi connectivity index (χ0n) is 11.2. The number of alkyl halides is 1. The molecule has 0 fully saturated rings. The predicted molar refractivity (Wildman–Crippen MR) is 92.7 cm³/mol. The van der Waals surface area contributed by atoms with E-state index in [0.29, 0.717) is 0 Å². The van der Waals surface area contributed by atoms with Crippen molar-refractivity contribution in [1.82, 2.24) is 0 Å². The van der Waals surface area contributed by atoms with Crippen LogP contribution < -0.4 is 0 Å². The number of hydrogen-bond donors (Lipinski definition) is 0. The molecular formula is C18H13Cl3. The minimum atomic E-state index is -0.120. The van der Waals surface area contributed by atoms with Crippen LogP contribution in [0.3, 0.4) is 0 Å². The summed E-state index contributed by atoms with van der Waals surface area (Å²) in [5.41, 5.74) is 2.22. The van der Waals surface area contributed by atoms with E-state index < -0.39 is 0 Å². The minimum absolute atomic E-state index is 0.120. The first-order valence-corrected chi connectivity index (χ1v) is 7.90. The molecule has 1 atom stereocenters. The molecule has 0 bridgehead atoms. The van der Waals surface area contributed by atoms with Crippen LogP contribution in [0.1, 0.15) is 16.5 Å². The van der Waals surface area contributed by atoms with Crippen LogP contribution in [0.4, 0.5) is 0 Å². The third kappa shape index (κ3) is 3.18. The molecule has 0 aliphatic heterocycles. The molecule has 0 nitrogen and oxygen atoms in total. The summed E-state index contributed by atoms with van der Waals surface area (Å²) in [5.74, 6) is 0. The van der Waals surface area contributed by atoms with Crippen molar-refractivity contribution in [3.8, 4) is 0 Å². The molecule has 3 aromatic rings. The van der Waals surface area contributed by atoms with Gasteiger partial charge in [-0.1, -0.05) is 65.7 Å². The second-order valence-corrected chi connectivity index (χ2v) is 6.35. The van der Waals surface area contributed by atoms with Crippen LogP contribution in [0, 0.1) is 0 Å². The average molecular weight is 336 g/mol. The molecule has 0 saturated heterocycles. The second-order valence-electron chi connectivity index (χ2n) is 4.98. The van der Waals surface area contributed by atoms with Gasteiger partial charge in [-0.3, -0.25) is 0 Å². The second kappa shape index (κ2) is 6.27. The Bertz CT molecular complexity index is 780. The summed E-state index contributed by atoms with van der Waals surface area (Å²) in [5, 5.41) is 3.50. The topological polar surface area (TPSA) is 0 Å². The molecule has 0 aromatic heterocycles. The summed E-state index contributed by atoms with van der Waals surface area (Å²) in [6.45, 7) is 0. The Kier molecular flexibility index (Phi) is 4.40. The van der Waals surface area contributed by atoms with Crippen molar-refractivity contribution in [3.05, 3.63) is 81.8 Å². The molecule has 0 aliphatic carbocycles. The van der Waals surface area contributed by atoms with Crippen LogP contribution in [0.2, 0.25) is 10.0 Å². The van der Waals surface area contributed by atoms with Gasteiger partial charge in [0.1, 0.15) is 0 Å². The van der Waals surface area contributed by atoms with Crippen LogP contribution >= 0.6 is 34.8 Å². The van der Waals surface area contributed by atoms with Gasteiger partial charge in [-0.25, -0.2) is 0 Å². The largest absolute Gasteiger partial charge is 0.117 e. The number of halogens is 3. The van der Waals surface area contributed by atoms with E-state index in [1.807, 2.05) is 54.6 Å². The number of rotatable bonds is 3. The quantitative estimate of drug-likeness (QED) is 0.469. The summed E-state index contributed by atoms with van der Waals surface area (Å²) in [7, 11) is 0. The maximum atomic E-state index is 6.64. The molecule has 3 rings (SSSR count). The standard InChI is InChI=1S/C18H13Cl3/c19-13-5-3-4-12(10-13)11-18(21)16-8-9-17(20)15-7-2-1-6-14(15)16/h1-10,18H,11H2. The SMILES string of the molecule is Clc1cccc(CC(Cl)c2ccc(Cl)c3ccccc23)c1. The monoisotopic (exact) mass is 334 g/mol. The van der Waals surface area contributed by atoms with Crippen molar-refractivity contribution < 1.29 is 0 Å². The molecule has 0 N–H and O–H groups in total. The first-order valence-electron chi connectivity index (χ1n) is 6.71. The molecule has 0 radical (unpaired) electrons. The molecule has 106 valence electrons. The van der Waals surface area contributed by atoms with E-state index in [0.717, 1.165) is 38.4 Å². The molecule has 0 heterocycles. The van der Waals surface area contributed by atoms with E-state index in [1.165, 1.54) is 0 Å². The zero-order chi connectivity index (χ0) is 14.8. The summed E-state index contributed by atoms with van der Waals surface area (Å²) in [6.07, 6.45) is 0.730. The van der Waals surface area contributed by atoms with E-state index in [1.54, 1.807) is 0 Å². The molecule has 21 heavy (non-hydrogen) atoms. The predicted octanol–water partition coefficient (Wildman–Crippen LogP) is 6.67. The van der Waals surface area contributed by atoms with Gasteiger partial charge in [-0.15, -0.1) is 11.6 Å². The van der Waals surface area contributed by atoms with Gasteiger partial charge in [0.05, 0.1) is 5.38 Å². The fourth-order valence-corrected chi connectivity index (χ4v) is 3.35. The van der Waals surface area contributed by atoms with Crippen LogP contribution in [-0.2, 0) is 6.42 Å². The lowest BCUT2D eigenvalue weighted by molar-refractivity contribution is 0.928. The third-order valence-electron chi connectivity index (χ3n) is 3.55. The highest BCUT2D eigenvalue weighted by Crippen LogP contribution is 2.34. The van der Waals surface area contributed by atoms with E-state index in [9.17, 15) is 0 Å². The smallest absolute Gasteiger partial charge is 0.0631 e. The molecule has 0 aliphatic rings. The Morgan fingerprint density at radius 1 is 0.810 bits per heavy atom. The van der Waals surface area contributed by atoms with E-state index in [-0.39, 0.29) is 5.38 Å². The minimum Gasteiger partial charge on any atom is -0.117 e. The van der Waals surface area contributed by atoms with Crippen molar-refractivity contribution in [2.75, 3.05) is 0 Å². The van der Waals surface area contributed by atoms with Crippen LogP contribution in [0.5, 0.6) is 0 Å². The van der Waals surface area contributed by atoms with Crippen molar-refractivity contribution in [1.29, 1.82) is 0 Å². The Morgan fingerprint density at radius 2 is 1.57 bits per heavy atom. The maximum absolute atomic E-state index is 6.64. The Morgan fingerprint density at radius 3 is 2.33 bits per heavy atom. The van der Waals surface area contributed by atoms with Gasteiger partial charge >= 0.3 is 0 Å². The van der Waals surface area contributed by atoms with Gasteiger partial charge in [-0.2, -0.15) is 0 Å². The van der Waals surface area contributed by atoms with Gasteiger partial charge in [-0.05, 0) is 41.1 Å². The van der Waals surface area contributed by atoms with Gasteiger partial charge in [0.25, 0.3) is 0 Å². The van der Waals surface area contributed by atoms with E-state index in [2.05, 4.69) is 6.07 Å². The normalized spacial score (nSPS) is 12.5. The molecule has 0 amide bonds. The fourth-order valence-electron chi connectivity index (χ4n) is 2.54. The van der Waals surface area contributed by atoms with Crippen LogP contribution in [0.15, 0.2) is 60.7 Å². The highest BCUT2D eigenvalue weighted by Gasteiger charge is 2.13. The molecule has 1 unspecified atom stereocenters. The van der Waals surface area contributed by atoms with Crippen molar-refractivity contribution in [2.45, 2.75) is 11.8 Å². The maximum Gasteiger partial charge on any atom is 0.0631 e. The third-order valence-corrected chi connectivity index (χ3v) is 4.50. The van der Waals surface area contributed by atoms with Gasteiger partial charge < -0.3 is 0 Å². The van der Waals surface area contributed by atoms with Gasteiger partial charge in [0, 0.05) is 15.4 Å². The van der Waals surface area contributed by atoms with Gasteiger partial charge in [0.15, 0.2) is 0 Å². The number of hydrogen-bond acceptors (Lipinski definition) is 0. The molecular weight excluding hydrogens is 323 g/mol. The van der Waals surface area contributed by atoms with Crippen molar-refractivity contribution >= 4 is 45.6 Å². The average Bonchev–Trinajstić information content (AvgIpc) is 2.48. The lowest BCUT2D eigenvalue weighted by Crippen LogP contribution is -1.97.